The van der Waals surface area contributed by atoms with Crippen LogP contribution in [-0.4, -0.2) is 26.0 Å². The standard InChI is InChI=1S/C22H18N2O5S/c25-21(12-13-30(27,28)16-6-2-1-3-7-16)23-15-10-11-19-17(14-15)22(26)24-18-8-4-5-9-20(18)29-19/h1-11,14H,12-13H2,(H,23,25)(H,24,26). The fourth-order valence-corrected chi connectivity index (χ4v) is 4.30. The van der Waals surface area contributed by atoms with Crippen LogP contribution in [0.25, 0.3) is 0 Å². The van der Waals surface area contributed by atoms with Crippen molar-refractivity contribution in [2.24, 2.45) is 0 Å². The Morgan fingerprint density at radius 2 is 1.67 bits per heavy atom. The number of carbonyl (C=O) groups excluding carboxylic acids is 2. The predicted molar refractivity (Wildman–Crippen MR) is 113 cm³/mol. The highest BCUT2D eigenvalue weighted by atomic mass is 32.2. The van der Waals surface area contributed by atoms with E-state index in [9.17, 15) is 18.0 Å². The molecule has 0 fully saturated rings. The molecule has 0 aromatic heterocycles. The van der Waals surface area contributed by atoms with Gasteiger partial charge in [0.2, 0.25) is 5.91 Å². The maximum absolute atomic E-state index is 12.5. The Hall–Kier alpha value is -3.65. The van der Waals surface area contributed by atoms with Gasteiger partial charge in [0.1, 0.15) is 5.75 Å². The minimum Gasteiger partial charge on any atom is -0.454 e. The smallest absolute Gasteiger partial charge is 0.259 e. The third-order valence-electron chi connectivity index (χ3n) is 4.56. The molecule has 7 nitrogen and oxygen atoms in total. The maximum Gasteiger partial charge on any atom is 0.259 e. The number of rotatable bonds is 5. The predicted octanol–water partition coefficient (Wildman–Crippen LogP) is 3.85. The summed E-state index contributed by atoms with van der Waals surface area (Å²) in [6.45, 7) is 0. The van der Waals surface area contributed by atoms with Crippen molar-refractivity contribution < 1.29 is 22.7 Å². The van der Waals surface area contributed by atoms with Gasteiger partial charge in [-0.25, -0.2) is 8.42 Å². The topological polar surface area (TPSA) is 102 Å². The minimum absolute atomic E-state index is 0.177. The van der Waals surface area contributed by atoms with Crippen LogP contribution in [0.4, 0.5) is 11.4 Å². The van der Waals surface area contributed by atoms with Crippen LogP contribution in [0.5, 0.6) is 11.5 Å². The Morgan fingerprint density at radius 3 is 2.47 bits per heavy atom. The first-order valence-corrected chi connectivity index (χ1v) is 10.9. The average molecular weight is 422 g/mol. The Bertz CT molecular complexity index is 1220. The average Bonchev–Trinajstić information content (AvgIpc) is 2.89. The van der Waals surface area contributed by atoms with Crippen LogP contribution in [0.15, 0.2) is 77.7 Å². The van der Waals surface area contributed by atoms with Gasteiger partial charge in [0.05, 0.1) is 21.9 Å². The van der Waals surface area contributed by atoms with E-state index in [0.29, 0.717) is 22.9 Å². The fourth-order valence-electron chi connectivity index (χ4n) is 3.04. The number of hydrogen-bond donors (Lipinski definition) is 2. The third-order valence-corrected chi connectivity index (χ3v) is 6.30. The van der Waals surface area contributed by atoms with Crippen molar-refractivity contribution in [3.05, 3.63) is 78.4 Å². The lowest BCUT2D eigenvalue weighted by molar-refractivity contribution is -0.115. The summed E-state index contributed by atoms with van der Waals surface area (Å²) >= 11 is 0. The molecule has 0 bridgehead atoms. The van der Waals surface area contributed by atoms with E-state index in [2.05, 4.69) is 10.6 Å². The summed E-state index contributed by atoms with van der Waals surface area (Å²) in [6.07, 6.45) is -0.206. The molecule has 0 unspecified atom stereocenters. The van der Waals surface area contributed by atoms with Crippen LogP contribution in [0.2, 0.25) is 0 Å². The highest BCUT2D eigenvalue weighted by Gasteiger charge is 2.22. The number of fused-ring (bicyclic) bond motifs is 2. The van der Waals surface area contributed by atoms with Crippen molar-refractivity contribution in [1.82, 2.24) is 0 Å². The Kier molecular flexibility index (Phi) is 5.24. The van der Waals surface area contributed by atoms with Gasteiger partial charge in [-0.1, -0.05) is 30.3 Å². The summed E-state index contributed by atoms with van der Waals surface area (Å²) in [5.74, 6) is -0.257. The van der Waals surface area contributed by atoms with Crippen molar-refractivity contribution in [3.63, 3.8) is 0 Å². The van der Waals surface area contributed by atoms with Crippen molar-refractivity contribution >= 4 is 33.0 Å². The van der Waals surface area contributed by atoms with E-state index in [4.69, 9.17) is 4.74 Å². The molecule has 0 spiro atoms. The van der Waals surface area contributed by atoms with Gasteiger partial charge in [-0.2, -0.15) is 0 Å². The van der Waals surface area contributed by atoms with E-state index in [1.807, 2.05) is 0 Å². The summed E-state index contributed by atoms with van der Waals surface area (Å²) in [4.78, 5) is 25.0. The first kappa shape index (κ1) is 19.7. The molecule has 2 N–H and O–H groups in total. The lowest BCUT2D eigenvalue weighted by Crippen LogP contribution is -2.18. The van der Waals surface area contributed by atoms with Crippen LogP contribution in [-0.2, 0) is 14.6 Å². The highest BCUT2D eigenvalue weighted by molar-refractivity contribution is 7.91. The molecule has 2 amide bonds. The normalized spacial score (nSPS) is 12.6. The number of nitrogens with one attached hydrogen (secondary N) is 2. The van der Waals surface area contributed by atoms with Crippen LogP contribution in [0.3, 0.4) is 0 Å². The number of sulfone groups is 1. The van der Waals surface area contributed by atoms with Crippen LogP contribution < -0.4 is 15.4 Å². The SMILES string of the molecule is O=C(CCS(=O)(=O)c1ccccc1)Nc1ccc2c(c1)C(=O)Nc1ccccc1O2. The van der Waals surface area contributed by atoms with Gasteiger partial charge in [0.15, 0.2) is 15.6 Å². The monoisotopic (exact) mass is 422 g/mol. The van der Waals surface area contributed by atoms with E-state index in [1.165, 1.54) is 18.2 Å². The van der Waals surface area contributed by atoms with Crippen LogP contribution >= 0.6 is 0 Å². The zero-order chi connectivity index (χ0) is 21.1. The molecule has 0 saturated carbocycles. The second-order valence-corrected chi connectivity index (χ2v) is 8.80. The molecule has 30 heavy (non-hydrogen) atoms. The summed E-state index contributed by atoms with van der Waals surface area (Å²) in [5, 5.41) is 5.41. The van der Waals surface area contributed by atoms with Gasteiger partial charge < -0.3 is 15.4 Å². The molecule has 8 heteroatoms. The van der Waals surface area contributed by atoms with Crippen molar-refractivity contribution in [2.75, 3.05) is 16.4 Å². The van der Waals surface area contributed by atoms with Gasteiger partial charge >= 0.3 is 0 Å². The lowest BCUT2D eigenvalue weighted by atomic mass is 10.1. The molecule has 1 heterocycles. The number of amides is 2. The Labute approximate surface area is 173 Å². The summed E-state index contributed by atoms with van der Waals surface area (Å²) in [7, 11) is -3.55. The highest BCUT2D eigenvalue weighted by Crippen LogP contribution is 2.36. The zero-order valence-corrected chi connectivity index (χ0v) is 16.6. The molecular formula is C22H18N2O5S. The quantitative estimate of drug-likeness (QED) is 0.650. The van der Waals surface area contributed by atoms with Gasteiger partial charge in [-0.3, -0.25) is 9.59 Å². The molecule has 152 valence electrons. The second kappa shape index (κ2) is 8.00. The number of anilines is 2. The van der Waals surface area contributed by atoms with Crippen molar-refractivity contribution in [3.8, 4) is 11.5 Å². The number of benzene rings is 3. The van der Waals surface area contributed by atoms with E-state index >= 15 is 0 Å². The van der Waals surface area contributed by atoms with Gasteiger partial charge in [-0.05, 0) is 42.5 Å². The number of carbonyl (C=O) groups is 2. The first-order chi connectivity index (χ1) is 14.4. The van der Waals surface area contributed by atoms with E-state index < -0.39 is 15.7 Å². The molecule has 3 aromatic rings. The molecule has 1 aliphatic heterocycles. The molecule has 0 atom stereocenters. The lowest BCUT2D eigenvalue weighted by Gasteiger charge is -2.10. The third kappa shape index (κ3) is 4.18. The maximum atomic E-state index is 12.5. The number of hydrogen-bond acceptors (Lipinski definition) is 5. The van der Waals surface area contributed by atoms with Gasteiger partial charge in [0, 0.05) is 12.1 Å². The molecule has 0 saturated heterocycles. The van der Waals surface area contributed by atoms with Crippen molar-refractivity contribution in [1.29, 1.82) is 0 Å². The molecule has 0 radical (unpaired) electrons. The molecule has 1 aliphatic rings. The number of ether oxygens (including phenoxy) is 1. The Morgan fingerprint density at radius 1 is 0.933 bits per heavy atom. The van der Waals surface area contributed by atoms with Crippen molar-refractivity contribution in [2.45, 2.75) is 11.3 Å². The Balaban J connectivity index is 1.45. The summed E-state index contributed by atoms with van der Waals surface area (Å²) in [5.41, 5.74) is 1.19. The summed E-state index contributed by atoms with van der Waals surface area (Å²) < 4.78 is 30.4. The molecular weight excluding hydrogens is 404 g/mol. The molecule has 3 aromatic carbocycles. The van der Waals surface area contributed by atoms with Gasteiger partial charge in [-0.15, -0.1) is 0 Å². The van der Waals surface area contributed by atoms with Gasteiger partial charge in [0.25, 0.3) is 5.91 Å². The minimum atomic E-state index is -3.55. The van der Waals surface area contributed by atoms with E-state index in [1.54, 1.807) is 54.6 Å². The molecule has 0 aliphatic carbocycles. The summed E-state index contributed by atoms with van der Waals surface area (Å²) in [6, 6.07) is 19.7. The van der Waals surface area contributed by atoms with Crippen LogP contribution in [0.1, 0.15) is 16.8 Å². The van der Waals surface area contributed by atoms with E-state index in [-0.39, 0.29) is 28.5 Å². The van der Waals surface area contributed by atoms with Crippen LogP contribution in [0, 0.1) is 0 Å². The second-order valence-electron chi connectivity index (χ2n) is 6.69. The zero-order valence-electron chi connectivity index (χ0n) is 15.8. The largest absolute Gasteiger partial charge is 0.454 e. The molecule has 4 rings (SSSR count). The van der Waals surface area contributed by atoms with E-state index in [0.717, 1.165) is 0 Å². The fraction of sp³-hybridized carbons (Fsp3) is 0.0909. The number of para-hydroxylation sites is 2. The first-order valence-electron chi connectivity index (χ1n) is 9.22.